The first-order valence-corrected chi connectivity index (χ1v) is 6.85. The van der Waals surface area contributed by atoms with Gasteiger partial charge in [0.1, 0.15) is 0 Å². The molecule has 1 heterocycles. The third kappa shape index (κ3) is 2.64. The third-order valence-electron chi connectivity index (χ3n) is 3.44. The summed E-state index contributed by atoms with van der Waals surface area (Å²) in [5.74, 6) is 0. The zero-order chi connectivity index (χ0) is 12.4. The van der Waals surface area contributed by atoms with Gasteiger partial charge in [-0.1, -0.05) is 22.0 Å². The van der Waals surface area contributed by atoms with E-state index >= 15 is 0 Å². The summed E-state index contributed by atoms with van der Waals surface area (Å²) in [6.07, 6.45) is 0. The maximum atomic E-state index is 5.86. The van der Waals surface area contributed by atoms with E-state index < -0.39 is 0 Å². The fourth-order valence-electron chi connectivity index (χ4n) is 2.52. The Bertz CT molecular complexity index is 394. The lowest BCUT2D eigenvalue weighted by Gasteiger charge is -2.40. The highest BCUT2D eigenvalue weighted by molar-refractivity contribution is 9.10. The first-order valence-electron chi connectivity index (χ1n) is 6.06. The van der Waals surface area contributed by atoms with E-state index in [1.54, 1.807) is 0 Å². The molecule has 0 aromatic heterocycles. The molecule has 1 fully saturated rings. The monoisotopic (exact) mass is 297 g/mol. The maximum absolute atomic E-state index is 5.86. The Morgan fingerprint density at radius 2 is 2.18 bits per heavy atom. The van der Waals surface area contributed by atoms with Gasteiger partial charge in [0.15, 0.2) is 0 Å². The number of hydrogen-bond acceptors (Lipinski definition) is 3. The van der Waals surface area contributed by atoms with E-state index in [9.17, 15) is 0 Å². The number of rotatable bonds is 2. The number of halogens is 1. The van der Waals surface area contributed by atoms with Crippen molar-refractivity contribution in [2.75, 3.05) is 31.6 Å². The Morgan fingerprint density at radius 3 is 2.82 bits per heavy atom. The molecule has 1 aromatic rings. The Hall–Kier alpha value is -0.580. The number of hydrogen-bond donors (Lipinski definition) is 1. The number of benzene rings is 1. The van der Waals surface area contributed by atoms with Crippen LogP contribution in [-0.4, -0.2) is 37.6 Å². The molecule has 2 N–H and O–H groups in total. The molecule has 94 valence electrons. The summed E-state index contributed by atoms with van der Waals surface area (Å²) in [5.41, 5.74) is 8.36. The SMILES string of the molecule is CC1CN(C)CCN1c1cccc(Br)c1CN. The van der Waals surface area contributed by atoms with E-state index in [4.69, 9.17) is 5.73 Å². The predicted octanol–water partition coefficient (Wildman–Crippen LogP) is 2.05. The van der Waals surface area contributed by atoms with Gasteiger partial charge in [-0.2, -0.15) is 0 Å². The summed E-state index contributed by atoms with van der Waals surface area (Å²) < 4.78 is 1.11. The van der Waals surface area contributed by atoms with E-state index in [0.29, 0.717) is 12.6 Å². The van der Waals surface area contributed by atoms with Crippen LogP contribution in [0.4, 0.5) is 5.69 Å². The Morgan fingerprint density at radius 1 is 1.41 bits per heavy atom. The first kappa shape index (κ1) is 12.9. The largest absolute Gasteiger partial charge is 0.366 e. The smallest absolute Gasteiger partial charge is 0.0426 e. The van der Waals surface area contributed by atoms with E-state index in [1.165, 1.54) is 11.3 Å². The second-order valence-corrected chi connectivity index (χ2v) is 5.60. The molecule has 0 amide bonds. The molecule has 1 saturated heterocycles. The Kier molecular flexibility index (Phi) is 4.07. The standard InChI is InChI=1S/C13H20BrN3/c1-10-9-16(2)6-7-17(10)13-5-3-4-12(14)11(13)8-15/h3-5,10H,6-9,15H2,1-2H3. The second-order valence-electron chi connectivity index (χ2n) is 4.75. The van der Waals surface area contributed by atoms with Crippen molar-refractivity contribution in [1.82, 2.24) is 4.90 Å². The molecule has 0 radical (unpaired) electrons. The minimum absolute atomic E-state index is 0.536. The summed E-state index contributed by atoms with van der Waals surface area (Å²) in [6, 6.07) is 6.86. The maximum Gasteiger partial charge on any atom is 0.0426 e. The molecule has 1 aromatic carbocycles. The molecule has 0 spiro atoms. The topological polar surface area (TPSA) is 32.5 Å². The molecule has 3 nitrogen and oxygen atoms in total. The summed E-state index contributed by atoms with van der Waals surface area (Å²) in [7, 11) is 2.18. The van der Waals surface area contributed by atoms with Crippen molar-refractivity contribution in [3.05, 3.63) is 28.2 Å². The van der Waals surface area contributed by atoms with Gasteiger partial charge in [-0.25, -0.2) is 0 Å². The van der Waals surface area contributed by atoms with Crippen LogP contribution in [0.15, 0.2) is 22.7 Å². The highest BCUT2D eigenvalue weighted by Gasteiger charge is 2.23. The van der Waals surface area contributed by atoms with Gasteiger partial charge in [0, 0.05) is 47.9 Å². The van der Waals surface area contributed by atoms with Crippen molar-refractivity contribution in [1.29, 1.82) is 0 Å². The van der Waals surface area contributed by atoms with Gasteiger partial charge in [-0.3, -0.25) is 0 Å². The fourth-order valence-corrected chi connectivity index (χ4v) is 3.03. The minimum Gasteiger partial charge on any atom is -0.366 e. The van der Waals surface area contributed by atoms with Crippen LogP contribution < -0.4 is 10.6 Å². The highest BCUT2D eigenvalue weighted by Crippen LogP contribution is 2.29. The molecular formula is C13H20BrN3. The average molecular weight is 298 g/mol. The third-order valence-corrected chi connectivity index (χ3v) is 4.18. The zero-order valence-electron chi connectivity index (χ0n) is 10.5. The molecule has 0 aliphatic carbocycles. The van der Waals surface area contributed by atoms with Gasteiger partial charge < -0.3 is 15.5 Å². The fraction of sp³-hybridized carbons (Fsp3) is 0.538. The number of likely N-dealkylation sites (N-methyl/N-ethyl adjacent to an activating group) is 1. The Balaban J connectivity index is 2.30. The van der Waals surface area contributed by atoms with Gasteiger partial charge in [-0.15, -0.1) is 0 Å². The first-order chi connectivity index (χ1) is 8.13. The summed E-state index contributed by atoms with van der Waals surface area (Å²) in [5, 5.41) is 0. The van der Waals surface area contributed by atoms with Crippen LogP contribution in [-0.2, 0) is 6.54 Å². The number of nitrogens with two attached hydrogens (primary N) is 1. The normalized spacial score (nSPS) is 21.9. The number of nitrogens with zero attached hydrogens (tertiary/aromatic N) is 2. The van der Waals surface area contributed by atoms with Crippen LogP contribution in [0.2, 0.25) is 0 Å². The van der Waals surface area contributed by atoms with Gasteiger partial charge in [-0.05, 0) is 26.1 Å². The van der Waals surface area contributed by atoms with E-state index in [1.807, 2.05) is 0 Å². The molecule has 0 bridgehead atoms. The molecule has 1 unspecified atom stereocenters. The van der Waals surface area contributed by atoms with Gasteiger partial charge in [0.05, 0.1) is 0 Å². The molecular weight excluding hydrogens is 278 g/mol. The Labute approximate surface area is 112 Å². The molecule has 17 heavy (non-hydrogen) atoms. The van der Waals surface area contributed by atoms with Crippen molar-refractivity contribution in [3.8, 4) is 0 Å². The van der Waals surface area contributed by atoms with Gasteiger partial charge in [0.2, 0.25) is 0 Å². The number of anilines is 1. The summed E-state index contributed by atoms with van der Waals surface area (Å²) in [4.78, 5) is 4.84. The quantitative estimate of drug-likeness (QED) is 0.907. The van der Waals surface area contributed by atoms with Crippen molar-refractivity contribution in [3.63, 3.8) is 0 Å². The van der Waals surface area contributed by atoms with E-state index in [2.05, 4.69) is 57.9 Å². The second kappa shape index (κ2) is 5.38. The van der Waals surface area contributed by atoms with Gasteiger partial charge >= 0.3 is 0 Å². The summed E-state index contributed by atoms with van der Waals surface area (Å²) in [6.45, 7) is 6.14. The molecule has 1 aliphatic heterocycles. The van der Waals surface area contributed by atoms with Gasteiger partial charge in [0.25, 0.3) is 0 Å². The van der Waals surface area contributed by atoms with E-state index in [0.717, 1.165) is 24.1 Å². The zero-order valence-corrected chi connectivity index (χ0v) is 12.1. The molecule has 2 rings (SSSR count). The molecule has 4 heteroatoms. The van der Waals surface area contributed by atoms with E-state index in [-0.39, 0.29) is 0 Å². The number of piperazine rings is 1. The van der Waals surface area contributed by atoms with Crippen LogP contribution >= 0.6 is 15.9 Å². The van der Waals surface area contributed by atoms with Crippen LogP contribution in [0.1, 0.15) is 12.5 Å². The van der Waals surface area contributed by atoms with Crippen LogP contribution in [0.3, 0.4) is 0 Å². The summed E-state index contributed by atoms with van der Waals surface area (Å²) >= 11 is 3.59. The predicted molar refractivity (Wildman–Crippen MR) is 76.3 cm³/mol. The lowest BCUT2D eigenvalue weighted by Crippen LogP contribution is -2.50. The van der Waals surface area contributed by atoms with Crippen LogP contribution in [0.5, 0.6) is 0 Å². The molecule has 0 saturated carbocycles. The minimum atomic E-state index is 0.536. The lowest BCUT2D eigenvalue weighted by atomic mass is 10.1. The van der Waals surface area contributed by atoms with Crippen molar-refractivity contribution in [2.24, 2.45) is 5.73 Å². The molecule has 1 atom stereocenters. The lowest BCUT2D eigenvalue weighted by molar-refractivity contribution is 0.275. The van der Waals surface area contributed by atoms with Crippen LogP contribution in [0.25, 0.3) is 0 Å². The van der Waals surface area contributed by atoms with Crippen molar-refractivity contribution < 1.29 is 0 Å². The highest BCUT2D eigenvalue weighted by atomic mass is 79.9. The van der Waals surface area contributed by atoms with Crippen molar-refractivity contribution >= 4 is 21.6 Å². The van der Waals surface area contributed by atoms with Crippen LogP contribution in [0, 0.1) is 0 Å². The average Bonchev–Trinajstić information content (AvgIpc) is 2.29. The van der Waals surface area contributed by atoms with Crippen molar-refractivity contribution in [2.45, 2.75) is 19.5 Å². The molecule has 1 aliphatic rings.